The zero-order chi connectivity index (χ0) is 14.1. The summed E-state index contributed by atoms with van der Waals surface area (Å²) < 4.78 is 0. The van der Waals surface area contributed by atoms with Crippen LogP contribution in [0.25, 0.3) is 0 Å². The highest BCUT2D eigenvalue weighted by Crippen LogP contribution is 2.10. The normalized spacial score (nSPS) is 10.7. The van der Waals surface area contributed by atoms with E-state index in [1.54, 1.807) is 12.1 Å². The van der Waals surface area contributed by atoms with Gasteiger partial charge in [0.25, 0.3) is 0 Å². The zero-order valence-corrected chi connectivity index (χ0v) is 9.61. The highest BCUT2D eigenvalue weighted by molar-refractivity contribution is 5.78. The number of aliphatic carboxylic acids is 2. The summed E-state index contributed by atoms with van der Waals surface area (Å²) in [4.78, 5) is 19.6. The van der Waals surface area contributed by atoms with Gasteiger partial charge in [-0.2, -0.15) is 0 Å². The average Bonchev–Trinajstić information content (AvgIpc) is 2.32. The van der Waals surface area contributed by atoms with Gasteiger partial charge in [0.05, 0.1) is 0 Å². The topological polar surface area (TPSA) is 121 Å². The molecule has 1 rings (SSSR count). The first-order valence-corrected chi connectivity index (χ1v) is 4.98. The third-order valence-corrected chi connectivity index (χ3v) is 1.88. The highest BCUT2D eigenvalue weighted by atomic mass is 16.4. The van der Waals surface area contributed by atoms with Gasteiger partial charge in [-0.1, -0.05) is 18.7 Å². The maximum Gasteiger partial charge on any atom is 0.327 e. The van der Waals surface area contributed by atoms with Crippen molar-refractivity contribution in [1.82, 2.24) is 0 Å². The number of hydrogen-bond acceptors (Lipinski definition) is 4. The summed E-state index contributed by atoms with van der Waals surface area (Å²) in [5.74, 6) is -1.84. The van der Waals surface area contributed by atoms with Gasteiger partial charge in [0.15, 0.2) is 0 Å². The Labute approximate surface area is 104 Å². The summed E-state index contributed by atoms with van der Waals surface area (Å²) in [6, 6.07) is 5.42. The van der Waals surface area contributed by atoms with E-state index < -0.39 is 18.0 Å². The molecule has 1 aromatic carbocycles. The Balaban J connectivity index is 0.000000494. The van der Waals surface area contributed by atoms with Crippen molar-refractivity contribution in [1.29, 1.82) is 0 Å². The van der Waals surface area contributed by atoms with E-state index in [0.717, 1.165) is 11.6 Å². The summed E-state index contributed by atoms with van der Waals surface area (Å²) in [6.45, 7) is 2.96. The van der Waals surface area contributed by atoms with E-state index in [-0.39, 0.29) is 12.2 Å². The lowest BCUT2D eigenvalue weighted by Gasteiger charge is -2.05. The standard InChI is InChI=1S/C9H11NO3.C3H4O2/c10-8(9(12)13)5-6-1-3-7(11)4-2-6;1-2-3(4)5/h1-4,8,11H,5,10H2,(H,12,13);2H,1H2,(H,4,5)/t8-;/m0./s1. The van der Waals surface area contributed by atoms with Crippen LogP contribution < -0.4 is 5.73 Å². The molecule has 0 fully saturated rings. The Morgan fingerprint density at radius 3 is 2.06 bits per heavy atom. The molecule has 6 heteroatoms. The minimum atomic E-state index is -1.02. The van der Waals surface area contributed by atoms with Crippen molar-refractivity contribution in [2.45, 2.75) is 12.5 Å². The molecular formula is C12H15NO5. The van der Waals surface area contributed by atoms with Crippen molar-refractivity contribution in [3.05, 3.63) is 42.5 Å². The molecule has 0 spiro atoms. The second-order valence-electron chi connectivity index (χ2n) is 3.36. The van der Waals surface area contributed by atoms with Gasteiger partial charge in [0.2, 0.25) is 0 Å². The molecule has 0 aliphatic heterocycles. The Bertz CT molecular complexity index is 413. The van der Waals surface area contributed by atoms with Crippen LogP contribution in [-0.2, 0) is 16.0 Å². The smallest absolute Gasteiger partial charge is 0.327 e. The average molecular weight is 253 g/mol. The Morgan fingerprint density at radius 1 is 1.28 bits per heavy atom. The van der Waals surface area contributed by atoms with Gasteiger partial charge >= 0.3 is 11.9 Å². The molecule has 0 saturated heterocycles. The lowest BCUT2D eigenvalue weighted by Crippen LogP contribution is -2.32. The second-order valence-corrected chi connectivity index (χ2v) is 3.36. The van der Waals surface area contributed by atoms with Crippen LogP contribution in [0.2, 0.25) is 0 Å². The summed E-state index contributed by atoms with van der Waals surface area (Å²) in [5, 5.41) is 25.1. The lowest BCUT2D eigenvalue weighted by molar-refractivity contribution is -0.138. The quantitative estimate of drug-likeness (QED) is 0.583. The molecule has 5 N–H and O–H groups in total. The third kappa shape index (κ3) is 7.02. The van der Waals surface area contributed by atoms with Crippen LogP contribution in [0.3, 0.4) is 0 Å². The number of rotatable bonds is 4. The first-order valence-electron chi connectivity index (χ1n) is 4.98. The van der Waals surface area contributed by atoms with Crippen LogP contribution in [0.4, 0.5) is 0 Å². The van der Waals surface area contributed by atoms with Crippen molar-refractivity contribution < 1.29 is 24.9 Å². The van der Waals surface area contributed by atoms with Crippen LogP contribution in [-0.4, -0.2) is 33.3 Å². The predicted octanol–water partition coefficient (Wildman–Crippen LogP) is 0.604. The van der Waals surface area contributed by atoms with Crippen molar-refractivity contribution in [3.63, 3.8) is 0 Å². The van der Waals surface area contributed by atoms with Crippen LogP contribution in [0.5, 0.6) is 5.75 Å². The fraction of sp³-hybridized carbons (Fsp3) is 0.167. The molecule has 0 amide bonds. The SMILES string of the molecule is C=CC(=O)O.N[C@@H](Cc1ccc(O)cc1)C(=O)O. The molecule has 1 atom stereocenters. The molecule has 0 aliphatic rings. The number of carboxylic acids is 2. The van der Waals surface area contributed by atoms with E-state index in [1.807, 2.05) is 0 Å². The molecule has 0 aromatic heterocycles. The van der Waals surface area contributed by atoms with Crippen LogP contribution in [0, 0.1) is 0 Å². The largest absolute Gasteiger partial charge is 0.508 e. The van der Waals surface area contributed by atoms with E-state index in [2.05, 4.69) is 6.58 Å². The predicted molar refractivity (Wildman–Crippen MR) is 65.3 cm³/mol. The molecule has 0 aliphatic carbocycles. The first kappa shape index (κ1) is 15.7. The van der Waals surface area contributed by atoms with Crippen molar-refractivity contribution in [3.8, 4) is 5.75 Å². The van der Waals surface area contributed by atoms with Gasteiger partial charge in [-0.15, -0.1) is 0 Å². The second kappa shape index (κ2) is 7.86. The highest BCUT2D eigenvalue weighted by Gasteiger charge is 2.11. The molecule has 0 unspecified atom stereocenters. The molecule has 0 radical (unpaired) electrons. The van der Waals surface area contributed by atoms with Crippen LogP contribution >= 0.6 is 0 Å². The van der Waals surface area contributed by atoms with Crippen LogP contribution in [0.1, 0.15) is 5.56 Å². The number of hydrogen-bond donors (Lipinski definition) is 4. The van der Waals surface area contributed by atoms with Gasteiger partial charge in [-0.3, -0.25) is 4.79 Å². The fourth-order valence-electron chi connectivity index (χ4n) is 0.973. The molecule has 0 heterocycles. The van der Waals surface area contributed by atoms with Gasteiger partial charge in [-0.25, -0.2) is 4.79 Å². The van der Waals surface area contributed by atoms with Crippen molar-refractivity contribution in [2.75, 3.05) is 0 Å². The Hall–Kier alpha value is -2.34. The number of phenolic OH excluding ortho intramolecular Hbond substituents is 1. The molecule has 98 valence electrons. The van der Waals surface area contributed by atoms with E-state index in [4.69, 9.17) is 21.1 Å². The van der Waals surface area contributed by atoms with Crippen molar-refractivity contribution >= 4 is 11.9 Å². The number of carbonyl (C=O) groups is 2. The molecule has 0 saturated carbocycles. The number of benzene rings is 1. The van der Waals surface area contributed by atoms with Gasteiger partial charge in [0.1, 0.15) is 11.8 Å². The first-order chi connectivity index (χ1) is 8.36. The summed E-state index contributed by atoms with van der Waals surface area (Å²) >= 11 is 0. The summed E-state index contributed by atoms with van der Waals surface area (Å²) in [6.07, 6.45) is 1.11. The van der Waals surface area contributed by atoms with E-state index in [9.17, 15) is 9.59 Å². The number of phenols is 1. The third-order valence-electron chi connectivity index (χ3n) is 1.88. The summed E-state index contributed by atoms with van der Waals surface area (Å²) in [7, 11) is 0. The fourth-order valence-corrected chi connectivity index (χ4v) is 0.973. The number of aromatic hydroxyl groups is 1. The Morgan fingerprint density at radius 2 is 1.72 bits per heavy atom. The van der Waals surface area contributed by atoms with Crippen molar-refractivity contribution in [2.24, 2.45) is 5.73 Å². The Kier molecular flexibility index (Phi) is 6.83. The van der Waals surface area contributed by atoms with Gasteiger partial charge in [0, 0.05) is 6.08 Å². The molecule has 6 nitrogen and oxygen atoms in total. The van der Waals surface area contributed by atoms with Crippen LogP contribution in [0.15, 0.2) is 36.9 Å². The zero-order valence-electron chi connectivity index (χ0n) is 9.61. The number of nitrogens with two attached hydrogens (primary N) is 1. The number of carboxylic acid groups (broad SMARTS) is 2. The van der Waals surface area contributed by atoms with E-state index in [0.29, 0.717) is 0 Å². The summed E-state index contributed by atoms with van der Waals surface area (Å²) in [5.41, 5.74) is 6.12. The minimum Gasteiger partial charge on any atom is -0.508 e. The molecular weight excluding hydrogens is 238 g/mol. The van der Waals surface area contributed by atoms with E-state index in [1.165, 1.54) is 12.1 Å². The molecule has 18 heavy (non-hydrogen) atoms. The van der Waals surface area contributed by atoms with E-state index >= 15 is 0 Å². The molecule has 1 aromatic rings. The maximum atomic E-state index is 10.4. The monoisotopic (exact) mass is 253 g/mol. The maximum absolute atomic E-state index is 10.4. The molecule has 0 bridgehead atoms. The van der Waals surface area contributed by atoms with Gasteiger partial charge in [-0.05, 0) is 24.1 Å². The minimum absolute atomic E-state index is 0.160. The lowest BCUT2D eigenvalue weighted by atomic mass is 10.1. The van der Waals surface area contributed by atoms with Gasteiger partial charge < -0.3 is 21.1 Å².